The van der Waals surface area contributed by atoms with Crippen molar-refractivity contribution in [3.8, 4) is 5.75 Å². The number of phenolic OH excluding ortho intramolecular Hbond substituents is 1. The monoisotopic (exact) mass is 469 g/mol. The van der Waals surface area contributed by atoms with Gasteiger partial charge in [0.2, 0.25) is 0 Å². The summed E-state index contributed by atoms with van der Waals surface area (Å²) in [6.07, 6.45) is 0.774. The van der Waals surface area contributed by atoms with Crippen LogP contribution in [0.1, 0.15) is 18.6 Å². The van der Waals surface area contributed by atoms with Crippen LogP contribution in [-0.4, -0.2) is 22.3 Å². The van der Waals surface area contributed by atoms with E-state index in [0.29, 0.717) is 15.7 Å². The minimum absolute atomic E-state index is 0.0586. The Kier molecular flexibility index (Phi) is 6.74. The lowest BCUT2D eigenvalue weighted by Gasteiger charge is -2.24. The van der Waals surface area contributed by atoms with Gasteiger partial charge < -0.3 is 14.9 Å². The number of aromatic hydroxyl groups is 1. The third kappa shape index (κ3) is 5.18. The van der Waals surface area contributed by atoms with Crippen molar-refractivity contribution in [2.45, 2.75) is 13.0 Å². The fraction of sp³-hybridized carbons (Fsp3) is 0.130. The van der Waals surface area contributed by atoms with E-state index in [-0.39, 0.29) is 5.75 Å². The van der Waals surface area contributed by atoms with E-state index in [9.17, 15) is 14.7 Å². The second-order valence-electron chi connectivity index (χ2n) is 6.74. The van der Waals surface area contributed by atoms with Crippen LogP contribution in [0.15, 0.2) is 77.3 Å². The molecule has 3 N–H and O–H groups in total. The number of hydrogen-bond donors (Lipinski definition) is 3. The van der Waals surface area contributed by atoms with Crippen molar-refractivity contribution in [3.63, 3.8) is 0 Å². The number of halogens is 1. The summed E-state index contributed by atoms with van der Waals surface area (Å²) in [5, 5.41) is 23.8. The van der Waals surface area contributed by atoms with Crippen molar-refractivity contribution < 1.29 is 24.5 Å². The molecule has 30 heavy (non-hydrogen) atoms. The molecule has 7 heteroatoms. The summed E-state index contributed by atoms with van der Waals surface area (Å²) in [6.45, 7) is 1.70. The molecule has 0 saturated carbocycles. The number of aliphatic carboxylic acids is 1. The number of carbonyl (C=O) groups is 2. The number of fused-ring (bicyclic) bond motifs is 1. The Morgan fingerprint density at radius 1 is 1.10 bits per heavy atom. The molecule has 0 heterocycles. The third-order valence-electron chi connectivity index (χ3n) is 4.58. The van der Waals surface area contributed by atoms with Crippen LogP contribution in [-0.2, 0) is 9.53 Å². The number of carboxylic acid groups (broad SMARTS) is 1. The lowest BCUT2D eigenvalue weighted by Crippen LogP contribution is -2.21. The van der Waals surface area contributed by atoms with Gasteiger partial charge in [-0.15, -0.1) is 0 Å². The molecule has 0 aromatic heterocycles. The van der Waals surface area contributed by atoms with Crippen LogP contribution >= 0.6 is 15.9 Å². The number of nitrogens with one attached hydrogen (secondary N) is 1. The van der Waals surface area contributed by atoms with Crippen molar-refractivity contribution in [3.05, 3.63) is 82.9 Å². The Labute approximate surface area is 181 Å². The van der Waals surface area contributed by atoms with Gasteiger partial charge in [0.05, 0.1) is 5.69 Å². The lowest BCUT2D eigenvalue weighted by atomic mass is 9.96. The molecule has 3 aromatic carbocycles. The van der Waals surface area contributed by atoms with Gasteiger partial charge in [-0.05, 0) is 29.7 Å². The molecule has 0 bridgehead atoms. The fourth-order valence-electron chi connectivity index (χ4n) is 3.13. The van der Waals surface area contributed by atoms with Gasteiger partial charge in [-0.3, -0.25) is 5.32 Å². The molecular formula is C23H20BrNO5. The first kappa shape index (κ1) is 21.4. The summed E-state index contributed by atoms with van der Waals surface area (Å²) in [6, 6.07) is 17.9. The van der Waals surface area contributed by atoms with Crippen LogP contribution < -0.4 is 5.32 Å². The zero-order chi connectivity index (χ0) is 21.7. The van der Waals surface area contributed by atoms with Crippen LogP contribution in [0, 0.1) is 5.92 Å². The minimum Gasteiger partial charge on any atom is -0.508 e. The molecule has 3 rings (SSSR count). The van der Waals surface area contributed by atoms with Gasteiger partial charge in [-0.25, -0.2) is 9.59 Å². The highest BCUT2D eigenvalue weighted by Gasteiger charge is 2.25. The van der Waals surface area contributed by atoms with E-state index in [1.807, 2.05) is 36.4 Å². The van der Waals surface area contributed by atoms with Crippen LogP contribution in [0.25, 0.3) is 10.8 Å². The van der Waals surface area contributed by atoms with E-state index in [2.05, 4.69) is 21.2 Å². The van der Waals surface area contributed by atoms with Gasteiger partial charge in [0, 0.05) is 27.4 Å². The molecule has 0 aliphatic heterocycles. The summed E-state index contributed by atoms with van der Waals surface area (Å²) in [4.78, 5) is 23.6. The number of amides is 1. The van der Waals surface area contributed by atoms with Crippen molar-refractivity contribution in [1.29, 1.82) is 0 Å². The first-order chi connectivity index (χ1) is 14.3. The maximum absolute atomic E-state index is 12.7. The molecule has 0 aliphatic rings. The molecule has 0 fully saturated rings. The van der Waals surface area contributed by atoms with E-state index in [0.717, 1.165) is 16.8 Å². The van der Waals surface area contributed by atoms with Crippen LogP contribution in [0.2, 0.25) is 0 Å². The Balaban J connectivity index is 1.89. The largest absolute Gasteiger partial charge is 0.508 e. The first-order valence-corrected chi connectivity index (χ1v) is 9.99. The van der Waals surface area contributed by atoms with Gasteiger partial charge >= 0.3 is 12.1 Å². The van der Waals surface area contributed by atoms with Crippen molar-refractivity contribution >= 4 is 44.5 Å². The van der Waals surface area contributed by atoms with E-state index in [1.54, 1.807) is 25.1 Å². The number of carbonyl (C=O) groups excluding carboxylic acids is 1. The van der Waals surface area contributed by atoms with Gasteiger partial charge in [0.25, 0.3) is 0 Å². The highest BCUT2D eigenvalue weighted by atomic mass is 79.9. The summed E-state index contributed by atoms with van der Waals surface area (Å²) in [5.74, 6) is -1.68. The Morgan fingerprint density at radius 2 is 1.83 bits per heavy atom. The number of benzene rings is 3. The third-order valence-corrected chi connectivity index (χ3v) is 5.07. The Hall–Kier alpha value is -3.32. The highest BCUT2D eigenvalue weighted by Crippen LogP contribution is 2.35. The first-order valence-electron chi connectivity index (χ1n) is 9.20. The van der Waals surface area contributed by atoms with Crippen molar-refractivity contribution in [1.82, 2.24) is 0 Å². The van der Waals surface area contributed by atoms with Crippen molar-refractivity contribution in [2.24, 2.45) is 5.92 Å². The fourth-order valence-corrected chi connectivity index (χ4v) is 3.51. The molecule has 1 amide bonds. The molecule has 154 valence electrons. The van der Waals surface area contributed by atoms with E-state index < -0.39 is 24.1 Å². The topological polar surface area (TPSA) is 95.9 Å². The highest BCUT2D eigenvalue weighted by molar-refractivity contribution is 9.10. The quantitative estimate of drug-likeness (QED) is 0.392. The number of ether oxygens (including phenoxy) is 1. The zero-order valence-electron chi connectivity index (χ0n) is 16.1. The van der Waals surface area contributed by atoms with Gasteiger partial charge in [-0.1, -0.05) is 65.3 Å². The maximum atomic E-state index is 12.7. The van der Waals surface area contributed by atoms with Crippen LogP contribution in [0.3, 0.4) is 0 Å². The molecule has 0 aliphatic carbocycles. The average Bonchev–Trinajstić information content (AvgIpc) is 2.72. The van der Waals surface area contributed by atoms with Gasteiger partial charge in [0.1, 0.15) is 11.9 Å². The SMILES string of the molecule is C[C@@H](/C=C/C(=O)O)[C@H](OC(=O)Nc1cccc2ccccc12)c1cc(Br)ccc1O. The van der Waals surface area contributed by atoms with Gasteiger partial charge in [-0.2, -0.15) is 0 Å². The summed E-state index contributed by atoms with van der Waals surface area (Å²) >= 11 is 3.34. The smallest absolute Gasteiger partial charge is 0.412 e. The van der Waals surface area contributed by atoms with E-state index in [4.69, 9.17) is 9.84 Å². The standard InChI is InChI=1S/C23H20BrNO5/c1-14(9-12-21(27)28)22(18-13-16(24)10-11-20(18)26)30-23(29)25-19-8-4-6-15-5-2-3-7-17(15)19/h2-14,22,26H,1H3,(H,25,29)(H,27,28)/b12-9+/t14-,22-/m0/s1. The molecule has 0 unspecified atom stereocenters. The normalized spacial score (nSPS) is 13.1. The lowest BCUT2D eigenvalue weighted by molar-refractivity contribution is -0.131. The van der Waals surface area contributed by atoms with Crippen LogP contribution in [0.5, 0.6) is 5.75 Å². The summed E-state index contributed by atoms with van der Waals surface area (Å²) in [5.41, 5.74) is 0.948. The Morgan fingerprint density at radius 3 is 2.60 bits per heavy atom. The second-order valence-corrected chi connectivity index (χ2v) is 7.65. The number of phenols is 1. The predicted octanol–water partition coefficient (Wildman–Crippen LogP) is 5.87. The maximum Gasteiger partial charge on any atom is 0.412 e. The zero-order valence-corrected chi connectivity index (χ0v) is 17.7. The predicted molar refractivity (Wildman–Crippen MR) is 119 cm³/mol. The molecule has 0 spiro atoms. The molecule has 0 saturated heterocycles. The molecule has 2 atom stereocenters. The van der Waals surface area contributed by atoms with Crippen LogP contribution in [0.4, 0.5) is 10.5 Å². The second kappa shape index (κ2) is 9.45. The molecule has 6 nitrogen and oxygen atoms in total. The molecule has 0 radical (unpaired) electrons. The van der Waals surface area contributed by atoms with Crippen molar-refractivity contribution in [2.75, 3.05) is 5.32 Å². The average molecular weight is 470 g/mol. The Bertz CT molecular complexity index is 1110. The number of hydrogen-bond acceptors (Lipinski definition) is 4. The van der Waals surface area contributed by atoms with E-state index >= 15 is 0 Å². The molecule has 3 aromatic rings. The number of rotatable bonds is 6. The van der Waals surface area contributed by atoms with E-state index in [1.165, 1.54) is 12.1 Å². The number of carboxylic acids is 1. The summed E-state index contributed by atoms with van der Waals surface area (Å²) in [7, 11) is 0. The number of anilines is 1. The van der Waals surface area contributed by atoms with Gasteiger partial charge in [0.15, 0.2) is 0 Å². The molecular weight excluding hydrogens is 450 g/mol. The minimum atomic E-state index is -1.11. The summed E-state index contributed by atoms with van der Waals surface area (Å²) < 4.78 is 6.33.